The van der Waals surface area contributed by atoms with Crippen LogP contribution in [0, 0.1) is 5.41 Å². The van der Waals surface area contributed by atoms with Gasteiger partial charge in [-0.1, -0.05) is 13.5 Å². The molecule has 1 aliphatic rings. The smallest absolute Gasteiger partial charge is 0.333 e. The van der Waals surface area contributed by atoms with Crippen molar-refractivity contribution in [1.29, 1.82) is 0 Å². The third-order valence-electron chi connectivity index (χ3n) is 2.20. The van der Waals surface area contributed by atoms with Gasteiger partial charge in [-0.3, -0.25) is 0 Å². The van der Waals surface area contributed by atoms with E-state index in [9.17, 15) is 4.79 Å². The molecule has 0 amide bonds. The van der Waals surface area contributed by atoms with Gasteiger partial charge < -0.3 is 9.47 Å². The van der Waals surface area contributed by atoms with Crippen LogP contribution in [0.4, 0.5) is 0 Å². The normalized spacial score (nSPS) is 27.2. The molecule has 3 nitrogen and oxygen atoms in total. The maximum atomic E-state index is 11.1. The predicted octanol–water partition coefficient (Wildman–Crippen LogP) is 1.53. The van der Waals surface area contributed by atoms with Crippen molar-refractivity contribution < 1.29 is 14.3 Å². The van der Waals surface area contributed by atoms with Crippen LogP contribution in [-0.2, 0) is 14.3 Å². The van der Waals surface area contributed by atoms with E-state index in [0.717, 1.165) is 13.0 Å². The molecular formula is C10H16O3. The van der Waals surface area contributed by atoms with Gasteiger partial charge in [0.1, 0.15) is 0 Å². The van der Waals surface area contributed by atoms with Crippen molar-refractivity contribution in [3.8, 4) is 0 Å². The van der Waals surface area contributed by atoms with Crippen molar-refractivity contribution >= 4 is 5.97 Å². The van der Waals surface area contributed by atoms with Gasteiger partial charge in [0.05, 0.1) is 13.2 Å². The number of esters is 1. The first-order chi connectivity index (χ1) is 6.03. The molecule has 74 valence electrons. The average Bonchev–Trinajstić information content (AvgIpc) is 2.48. The number of hydrogen-bond acceptors (Lipinski definition) is 3. The van der Waals surface area contributed by atoms with Crippen LogP contribution in [0.1, 0.15) is 20.3 Å². The first-order valence-corrected chi connectivity index (χ1v) is 4.44. The van der Waals surface area contributed by atoms with Crippen LogP contribution < -0.4 is 0 Å². The standard InChI is InChI=1S/C10H16O3/c1-8(2)9(11)13-7-10(3)4-5-12-6-10/h1,4-7H2,2-3H3. The fourth-order valence-corrected chi connectivity index (χ4v) is 1.19. The van der Waals surface area contributed by atoms with Crippen molar-refractivity contribution in [2.45, 2.75) is 20.3 Å². The minimum Gasteiger partial charge on any atom is -0.462 e. The Hall–Kier alpha value is -0.830. The minimum atomic E-state index is -0.312. The van der Waals surface area contributed by atoms with Crippen molar-refractivity contribution in [1.82, 2.24) is 0 Å². The summed E-state index contributed by atoms with van der Waals surface area (Å²) in [5.41, 5.74) is 0.452. The van der Waals surface area contributed by atoms with Crippen molar-refractivity contribution in [2.24, 2.45) is 5.41 Å². The lowest BCUT2D eigenvalue weighted by atomic mass is 9.91. The Kier molecular flexibility index (Phi) is 3.09. The highest BCUT2D eigenvalue weighted by Gasteiger charge is 2.31. The van der Waals surface area contributed by atoms with Gasteiger partial charge in [-0.15, -0.1) is 0 Å². The molecule has 3 heteroatoms. The van der Waals surface area contributed by atoms with E-state index in [1.807, 2.05) is 0 Å². The van der Waals surface area contributed by atoms with Gasteiger partial charge in [0, 0.05) is 17.6 Å². The van der Waals surface area contributed by atoms with Crippen molar-refractivity contribution in [3.63, 3.8) is 0 Å². The van der Waals surface area contributed by atoms with Crippen LogP contribution in [0.5, 0.6) is 0 Å². The maximum absolute atomic E-state index is 11.1. The largest absolute Gasteiger partial charge is 0.462 e. The topological polar surface area (TPSA) is 35.5 Å². The summed E-state index contributed by atoms with van der Waals surface area (Å²) >= 11 is 0. The second-order valence-corrected chi connectivity index (χ2v) is 3.97. The highest BCUT2D eigenvalue weighted by Crippen LogP contribution is 2.27. The maximum Gasteiger partial charge on any atom is 0.333 e. The summed E-state index contributed by atoms with van der Waals surface area (Å²) in [5.74, 6) is -0.312. The molecule has 1 atom stereocenters. The summed E-state index contributed by atoms with van der Waals surface area (Å²) in [6, 6.07) is 0. The molecule has 1 aliphatic heterocycles. The Morgan fingerprint density at radius 3 is 2.85 bits per heavy atom. The van der Waals surface area contributed by atoms with E-state index in [1.54, 1.807) is 6.92 Å². The van der Waals surface area contributed by atoms with Crippen LogP contribution >= 0.6 is 0 Å². The van der Waals surface area contributed by atoms with E-state index >= 15 is 0 Å². The zero-order valence-corrected chi connectivity index (χ0v) is 8.26. The van der Waals surface area contributed by atoms with Crippen LogP contribution in [-0.4, -0.2) is 25.8 Å². The number of carbonyl (C=O) groups is 1. The summed E-state index contributed by atoms with van der Waals surface area (Å²) in [6.07, 6.45) is 0.955. The SMILES string of the molecule is C=C(C)C(=O)OCC1(C)CCOC1. The van der Waals surface area contributed by atoms with E-state index < -0.39 is 0 Å². The molecule has 0 aromatic heterocycles. The first kappa shape index (κ1) is 10.3. The van der Waals surface area contributed by atoms with Crippen LogP contribution in [0.3, 0.4) is 0 Å². The summed E-state index contributed by atoms with van der Waals surface area (Å²) in [7, 11) is 0. The molecule has 0 aliphatic carbocycles. The second kappa shape index (κ2) is 3.92. The number of rotatable bonds is 3. The zero-order chi connectivity index (χ0) is 9.90. The van der Waals surface area contributed by atoms with Gasteiger partial charge in [-0.2, -0.15) is 0 Å². The molecule has 0 saturated carbocycles. The van der Waals surface area contributed by atoms with Crippen LogP contribution in [0.15, 0.2) is 12.2 Å². The predicted molar refractivity (Wildman–Crippen MR) is 49.3 cm³/mol. The van der Waals surface area contributed by atoms with Gasteiger partial charge in [0.2, 0.25) is 0 Å². The molecule has 1 heterocycles. The Bertz CT molecular complexity index is 214. The summed E-state index contributed by atoms with van der Waals surface area (Å²) in [4.78, 5) is 11.1. The number of ether oxygens (including phenoxy) is 2. The fraction of sp³-hybridized carbons (Fsp3) is 0.700. The highest BCUT2D eigenvalue weighted by atomic mass is 16.5. The molecule has 1 saturated heterocycles. The Morgan fingerprint density at radius 2 is 2.38 bits per heavy atom. The highest BCUT2D eigenvalue weighted by molar-refractivity contribution is 5.86. The molecule has 0 spiro atoms. The average molecular weight is 184 g/mol. The second-order valence-electron chi connectivity index (χ2n) is 3.97. The van der Waals surface area contributed by atoms with E-state index in [1.165, 1.54) is 0 Å². The molecule has 1 rings (SSSR count). The molecule has 13 heavy (non-hydrogen) atoms. The monoisotopic (exact) mass is 184 g/mol. The molecule has 0 N–H and O–H groups in total. The lowest BCUT2D eigenvalue weighted by Gasteiger charge is -2.20. The van der Waals surface area contributed by atoms with Gasteiger partial charge in [-0.25, -0.2) is 4.79 Å². The van der Waals surface area contributed by atoms with E-state index in [2.05, 4.69) is 13.5 Å². The first-order valence-electron chi connectivity index (χ1n) is 4.44. The van der Waals surface area contributed by atoms with Crippen LogP contribution in [0.2, 0.25) is 0 Å². The lowest BCUT2D eigenvalue weighted by molar-refractivity contribution is -0.142. The molecule has 0 radical (unpaired) electrons. The van der Waals surface area contributed by atoms with Crippen LogP contribution in [0.25, 0.3) is 0 Å². The Morgan fingerprint density at radius 1 is 1.69 bits per heavy atom. The quantitative estimate of drug-likeness (QED) is 0.493. The number of carbonyl (C=O) groups excluding carboxylic acids is 1. The molecule has 0 bridgehead atoms. The molecular weight excluding hydrogens is 168 g/mol. The van der Waals surface area contributed by atoms with Gasteiger partial charge in [0.15, 0.2) is 0 Å². The molecule has 0 aromatic carbocycles. The van der Waals surface area contributed by atoms with Crippen molar-refractivity contribution in [3.05, 3.63) is 12.2 Å². The fourth-order valence-electron chi connectivity index (χ4n) is 1.19. The molecule has 1 fully saturated rings. The minimum absolute atomic E-state index is 0.00507. The lowest BCUT2D eigenvalue weighted by Crippen LogP contribution is -2.25. The Labute approximate surface area is 78.7 Å². The summed E-state index contributed by atoms with van der Waals surface area (Å²) < 4.78 is 10.3. The summed E-state index contributed by atoms with van der Waals surface area (Å²) in [5, 5.41) is 0. The van der Waals surface area contributed by atoms with Gasteiger partial charge in [0.25, 0.3) is 0 Å². The van der Waals surface area contributed by atoms with E-state index in [0.29, 0.717) is 18.8 Å². The Balaban J connectivity index is 2.33. The van der Waals surface area contributed by atoms with E-state index in [-0.39, 0.29) is 11.4 Å². The van der Waals surface area contributed by atoms with Crippen molar-refractivity contribution in [2.75, 3.05) is 19.8 Å². The van der Waals surface area contributed by atoms with Gasteiger partial charge in [-0.05, 0) is 13.3 Å². The van der Waals surface area contributed by atoms with Gasteiger partial charge >= 0.3 is 5.97 Å². The third kappa shape index (κ3) is 2.84. The molecule has 0 aromatic rings. The summed E-state index contributed by atoms with van der Waals surface area (Å²) in [6.45, 7) is 9.10. The third-order valence-corrected chi connectivity index (χ3v) is 2.20. The number of hydrogen-bond donors (Lipinski definition) is 0. The van der Waals surface area contributed by atoms with E-state index in [4.69, 9.17) is 9.47 Å². The molecule has 1 unspecified atom stereocenters. The zero-order valence-electron chi connectivity index (χ0n) is 8.26.